The largest absolute Gasteiger partial charge is 0.573 e. The Labute approximate surface area is 135 Å². The first kappa shape index (κ1) is 15.9. The first-order valence-corrected chi connectivity index (χ1v) is 7.07. The van der Waals surface area contributed by atoms with Gasteiger partial charge in [0.25, 0.3) is 0 Å². The predicted octanol–water partition coefficient (Wildman–Crippen LogP) is 4.55. The molecule has 1 aromatic heterocycles. The zero-order valence-electron chi connectivity index (χ0n) is 12.4. The average molecular weight is 334 g/mol. The van der Waals surface area contributed by atoms with E-state index < -0.39 is 6.36 Å². The molecule has 0 fully saturated rings. The molecule has 0 aliphatic rings. The van der Waals surface area contributed by atoms with Gasteiger partial charge in [-0.05, 0) is 17.7 Å². The van der Waals surface area contributed by atoms with Crippen LogP contribution in [-0.4, -0.2) is 16.6 Å². The summed E-state index contributed by atoms with van der Waals surface area (Å²) in [4.78, 5) is 0. The van der Waals surface area contributed by atoms with E-state index in [9.17, 15) is 13.2 Å². The van der Waals surface area contributed by atoms with Gasteiger partial charge in [0.2, 0.25) is 0 Å². The van der Waals surface area contributed by atoms with Crippen molar-refractivity contribution in [1.29, 1.82) is 0 Å². The number of alkyl halides is 3. The molecule has 0 aliphatic heterocycles. The van der Waals surface area contributed by atoms with Crippen molar-refractivity contribution < 1.29 is 22.6 Å². The third-order valence-electron chi connectivity index (χ3n) is 3.23. The molecule has 1 N–H and O–H groups in total. The number of halogens is 3. The van der Waals surface area contributed by atoms with Gasteiger partial charge in [-0.2, -0.15) is 5.10 Å². The smallest absolute Gasteiger partial charge is 0.488 e. The van der Waals surface area contributed by atoms with Crippen molar-refractivity contribution in [3.05, 3.63) is 66.5 Å². The van der Waals surface area contributed by atoms with Gasteiger partial charge in [-0.25, -0.2) is 0 Å². The molecule has 1 heterocycles. The van der Waals surface area contributed by atoms with Crippen LogP contribution in [0.5, 0.6) is 11.5 Å². The fourth-order valence-corrected chi connectivity index (χ4v) is 2.19. The summed E-state index contributed by atoms with van der Waals surface area (Å²) in [6.07, 6.45) is -1.56. The minimum absolute atomic E-state index is 0.223. The molecule has 0 spiro atoms. The Bertz CT molecular complexity index is 787. The molecule has 0 saturated carbocycles. The molecule has 0 atom stereocenters. The zero-order valence-corrected chi connectivity index (χ0v) is 12.4. The third kappa shape index (κ3) is 4.07. The van der Waals surface area contributed by atoms with Crippen LogP contribution in [-0.2, 0) is 6.61 Å². The van der Waals surface area contributed by atoms with Gasteiger partial charge in [-0.15, -0.1) is 13.2 Å². The van der Waals surface area contributed by atoms with Crippen molar-refractivity contribution in [3.63, 3.8) is 0 Å². The molecule has 3 rings (SSSR count). The van der Waals surface area contributed by atoms with Crippen LogP contribution in [0.3, 0.4) is 0 Å². The van der Waals surface area contributed by atoms with E-state index in [1.54, 1.807) is 12.4 Å². The Morgan fingerprint density at radius 3 is 2.50 bits per heavy atom. The molecule has 0 saturated heterocycles. The van der Waals surface area contributed by atoms with E-state index in [4.69, 9.17) is 4.74 Å². The highest BCUT2D eigenvalue weighted by Gasteiger charge is 2.31. The Kier molecular flexibility index (Phi) is 4.41. The summed E-state index contributed by atoms with van der Waals surface area (Å²) in [5.41, 5.74) is 2.23. The van der Waals surface area contributed by atoms with Crippen molar-refractivity contribution in [2.45, 2.75) is 13.0 Å². The van der Waals surface area contributed by atoms with E-state index in [0.29, 0.717) is 11.1 Å². The van der Waals surface area contributed by atoms with Crippen LogP contribution in [0, 0.1) is 0 Å². The van der Waals surface area contributed by atoms with E-state index in [0.717, 1.165) is 5.56 Å². The van der Waals surface area contributed by atoms with Gasteiger partial charge in [-0.1, -0.05) is 30.3 Å². The van der Waals surface area contributed by atoms with E-state index in [2.05, 4.69) is 14.9 Å². The standard InChI is InChI=1S/C17H13F3N2O2/c18-17(19,20)24-14-6-7-15(13-9-21-22-10-13)16(8-14)23-11-12-4-2-1-3-5-12/h1-10H,11H2,(H,21,22). The molecular weight excluding hydrogens is 321 g/mol. The highest BCUT2D eigenvalue weighted by atomic mass is 19.4. The number of H-pyrrole nitrogens is 1. The number of rotatable bonds is 5. The molecule has 7 heteroatoms. The second-order valence-corrected chi connectivity index (χ2v) is 4.97. The van der Waals surface area contributed by atoms with E-state index in [1.165, 1.54) is 18.2 Å². The van der Waals surface area contributed by atoms with Crippen molar-refractivity contribution in [2.24, 2.45) is 0 Å². The van der Waals surface area contributed by atoms with Crippen molar-refractivity contribution >= 4 is 0 Å². The highest BCUT2D eigenvalue weighted by Crippen LogP contribution is 2.35. The summed E-state index contributed by atoms with van der Waals surface area (Å²) >= 11 is 0. The molecule has 24 heavy (non-hydrogen) atoms. The molecule has 0 unspecified atom stereocenters. The van der Waals surface area contributed by atoms with Gasteiger partial charge in [0.15, 0.2) is 0 Å². The molecule has 2 aromatic carbocycles. The fraction of sp³-hybridized carbons (Fsp3) is 0.118. The van der Waals surface area contributed by atoms with Gasteiger partial charge >= 0.3 is 6.36 Å². The van der Waals surface area contributed by atoms with Crippen LogP contribution in [0.1, 0.15) is 5.56 Å². The summed E-state index contributed by atoms with van der Waals surface area (Å²) in [6.45, 7) is 0.223. The summed E-state index contributed by atoms with van der Waals surface area (Å²) < 4.78 is 46.9. The van der Waals surface area contributed by atoms with Gasteiger partial charge in [0.1, 0.15) is 18.1 Å². The molecule has 0 bridgehead atoms. The maximum atomic E-state index is 12.4. The SMILES string of the molecule is FC(F)(F)Oc1ccc(-c2cn[nH]c2)c(OCc2ccccc2)c1. The number of aromatic amines is 1. The second kappa shape index (κ2) is 6.66. The predicted molar refractivity (Wildman–Crippen MR) is 81.5 cm³/mol. The van der Waals surface area contributed by atoms with Crippen LogP contribution in [0.15, 0.2) is 60.9 Å². The maximum absolute atomic E-state index is 12.4. The first-order valence-electron chi connectivity index (χ1n) is 7.07. The molecular formula is C17H13F3N2O2. The topological polar surface area (TPSA) is 47.1 Å². The number of ether oxygens (including phenoxy) is 2. The molecule has 124 valence electrons. The summed E-state index contributed by atoms with van der Waals surface area (Å²) in [7, 11) is 0. The quantitative estimate of drug-likeness (QED) is 0.744. The number of aromatic nitrogens is 2. The van der Waals surface area contributed by atoms with Crippen molar-refractivity contribution in [3.8, 4) is 22.6 Å². The molecule has 3 aromatic rings. The number of hydrogen-bond donors (Lipinski definition) is 1. The Morgan fingerprint density at radius 1 is 1.04 bits per heavy atom. The van der Waals surface area contributed by atoms with Crippen LogP contribution < -0.4 is 9.47 Å². The first-order chi connectivity index (χ1) is 11.5. The third-order valence-corrected chi connectivity index (χ3v) is 3.23. The number of benzene rings is 2. The van der Waals surface area contributed by atoms with Crippen LogP contribution >= 0.6 is 0 Å². The fourth-order valence-electron chi connectivity index (χ4n) is 2.19. The van der Waals surface area contributed by atoms with Crippen LogP contribution in [0.4, 0.5) is 13.2 Å². The maximum Gasteiger partial charge on any atom is 0.573 e. The molecule has 4 nitrogen and oxygen atoms in total. The molecule has 0 aliphatic carbocycles. The van der Waals surface area contributed by atoms with Gasteiger partial charge in [-0.3, -0.25) is 5.10 Å². The number of nitrogens with zero attached hydrogens (tertiary/aromatic N) is 1. The lowest BCUT2D eigenvalue weighted by atomic mass is 10.1. The Hall–Kier alpha value is -2.96. The van der Waals surface area contributed by atoms with Crippen LogP contribution in [0.25, 0.3) is 11.1 Å². The lowest BCUT2D eigenvalue weighted by Crippen LogP contribution is -2.17. The normalized spacial score (nSPS) is 11.3. The van der Waals surface area contributed by atoms with E-state index in [-0.39, 0.29) is 18.1 Å². The summed E-state index contributed by atoms with van der Waals surface area (Å²) in [6, 6.07) is 13.3. The van der Waals surface area contributed by atoms with Crippen molar-refractivity contribution in [1.82, 2.24) is 10.2 Å². The average Bonchev–Trinajstić information content (AvgIpc) is 3.07. The minimum Gasteiger partial charge on any atom is -0.488 e. The Morgan fingerprint density at radius 2 is 1.83 bits per heavy atom. The van der Waals surface area contributed by atoms with Gasteiger partial charge < -0.3 is 9.47 Å². The highest BCUT2D eigenvalue weighted by molar-refractivity contribution is 5.70. The van der Waals surface area contributed by atoms with E-state index in [1.807, 2.05) is 30.3 Å². The lowest BCUT2D eigenvalue weighted by Gasteiger charge is -2.14. The molecule has 0 amide bonds. The minimum atomic E-state index is -4.76. The zero-order chi connectivity index (χ0) is 17.0. The van der Waals surface area contributed by atoms with Crippen molar-refractivity contribution in [2.75, 3.05) is 0 Å². The molecule has 0 radical (unpaired) electrons. The number of nitrogens with one attached hydrogen (secondary N) is 1. The number of hydrogen-bond acceptors (Lipinski definition) is 3. The van der Waals surface area contributed by atoms with Gasteiger partial charge in [0, 0.05) is 23.4 Å². The monoisotopic (exact) mass is 334 g/mol. The van der Waals surface area contributed by atoms with Crippen LogP contribution in [0.2, 0.25) is 0 Å². The van der Waals surface area contributed by atoms with Gasteiger partial charge in [0.05, 0.1) is 6.20 Å². The van der Waals surface area contributed by atoms with E-state index >= 15 is 0 Å². The second-order valence-electron chi connectivity index (χ2n) is 4.97. The summed E-state index contributed by atoms with van der Waals surface area (Å²) in [5.74, 6) is -0.0557. The summed E-state index contributed by atoms with van der Waals surface area (Å²) in [5, 5.41) is 6.51. The lowest BCUT2D eigenvalue weighted by molar-refractivity contribution is -0.274. The Balaban J connectivity index is 1.88.